The molecule has 0 aliphatic carbocycles. The summed E-state index contributed by atoms with van der Waals surface area (Å²) in [5.74, 6) is 0.165. The van der Waals surface area contributed by atoms with E-state index in [0.29, 0.717) is 17.8 Å². The fraction of sp³-hybridized carbons (Fsp3) is 0.429. The highest BCUT2D eigenvalue weighted by atomic mass is 16.3. The molecule has 0 amide bonds. The van der Waals surface area contributed by atoms with Crippen molar-refractivity contribution >= 4 is 0 Å². The van der Waals surface area contributed by atoms with Gasteiger partial charge in [-0.3, -0.25) is 4.98 Å². The molecule has 0 aromatic carbocycles. The van der Waals surface area contributed by atoms with Gasteiger partial charge in [-0.1, -0.05) is 0 Å². The van der Waals surface area contributed by atoms with E-state index in [4.69, 9.17) is 0 Å². The van der Waals surface area contributed by atoms with Crippen LogP contribution in [0.3, 0.4) is 0 Å². The van der Waals surface area contributed by atoms with Crippen molar-refractivity contribution in [1.82, 2.24) is 19.9 Å². The molecule has 6 nitrogen and oxygen atoms in total. The number of nitrogens with one attached hydrogen (secondary N) is 1. The van der Waals surface area contributed by atoms with Crippen molar-refractivity contribution in [2.75, 3.05) is 6.54 Å². The van der Waals surface area contributed by atoms with Crippen LogP contribution in [0.4, 0.5) is 0 Å². The average molecular weight is 276 g/mol. The molecule has 0 atom stereocenters. The Morgan fingerprint density at radius 2 is 2.25 bits per heavy atom. The zero-order valence-electron chi connectivity index (χ0n) is 11.6. The summed E-state index contributed by atoms with van der Waals surface area (Å²) in [5, 5.41) is 22.5. The number of imidazole rings is 1. The van der Waals surface area contributed by atoms with Gasteiger partial charge < -0.3 is 20.1 Å². The van der Waals surface area contributed by atoms with Crippen LogP contribution in [0.5, 0.6) is 5.75 Å². The van der Waals surface area contributed by atoms with Gasteiger partial charge in [-0.25, -0.2) is 4.98 Å². The van der Waals surface area contributed by atoms with E-state index in [2.05, 4.69) is 15.3 Å². The summed E-state index contributed by atoms with van der Waals surface area (Å²) in [5.41, 5.74) is 1.97. The maximum atomic E-state index is 9.99. The minimum absolute atomic E-state index is 0.118. The van der Waals surface area contributed by atoms with E-state index >= 15 is 0 Å². The summed E-state index contributed by atoms with van der Waals surface area (Å²) in [4.78, 5) is 8.03. The van der Waals surface area contributed by atoms with Crippen LogP contribution < -0.4 is 5.32 Å². The number of aromatic hydroxyl groups is 1. The number of pyridine rings is 1. The Kier molecular flexibility index (Phi) is 5.09. The van der Waals surface area contributed by atoms with E-state index < -0.39 is 0 Å². The molecule has 0 aliphatic rings. The number of nitrogens with zero attached hydrogens (tertiary/aromatic N) is 3. The van der Waals surface area contributed by atoms with Gasteiger partial charge in [0.05, 0.1) is 18.6 Å². The van der Waals surface area contributed by atoms with Crippen molar-refractivity contribution in [2.24, 2.45) is 0 Å². The van der Waals surface area contributed by atoms with E-state index in [0.717, 1.165) is 25.1 Å². The van der Waals surface area contributed by atoms with Gasteiger partial charge in [0.1, 0.15) is 5.75 Å². The van der Waals surface area contributed by atoms with E-state index in [1.807, 2.05) is 10.8 Å². The number of hydrogen-bond acceptors (Lipinski definition) is 5. The lowest BCUT2D eigenvalue weighted by atomic mass is 10.1. The Morgan fingerprint density at radius 3 is 2.95 bits per heavy atom. The smallest absolute Gasteiger partial charge is 0.141 e. The van der Waals surface area contributed by atoms with Crippen LogP contribution in [0, 0.1) is 6.92 Å². The Balaban J connectivity index is 1.83. The Labute approximate surface area is 118 Å². The molecule has 0 bridgehead atoms. The molecule has 108 valence electrons. The molecule has 0 saturated carbocycles. The van der Waals surface area contributed by atoms with Gasteiger partial charge >= 0.3 is 0 Å². The van der Waals surface area contributed by atoms with Crippen LogP contribution in [-0.4, -0.2) is 31.3 Å². The minimum Gasteiger partial charge on any atom is -0.506 e. The molecule has 0 saturated heterocycles. The van der Waals surface area contributed by atoms with Crippen LogP contribution in [0.1, 0.15) is 23.2 Å². The van der Waals surface area contributed by atoms with E-state index in [9.17, 15) is 10.2 Å². The largest absolute Gasteiger partial charge is 0.506 e. The molecule has 0 aliphatic heterocycles. The normalized spacial score (nSPS) is 10.9. The highest BCUT2D eigenvalue weighted by Crippen LogP contribution is 2.23. The fourth-order valence-corrected chi connectivity index (χ4v) is 2.04. The summed E-state index contributed by atoms with van der Waals surface area (Å²) >= 11 is 0. The number of aliphatic hydroxyl groups excluding tert-OH is 1. The molecule has 2 aromatic rings. The zero-order valence-corrected chi connectivity index (χ0v) is 11.6. The second-order valence-corrected chi connectivity index (χ2v) is 4.68. The van der Waals surface area contributed by atoms with Crippen molar-refractivity contribution in [2.45, 2.75) is 33.0 Å². The van der Waals surface area contributed by atoms with E-state index in [1.54, 1.807) is 25.6 Å². The first-order valence-corrected chi connectivity index (χ1v) is 6.66. The number of aryl methyl sites for hydroxylation is 2. The van der Waals surface area contributed by atoms with E-state index in [-0.39, 0.29) is 12.4 Å². The molecule has 6 heteroatoms. The molecule has 0 unspecified atom stereocenters. The summed E-state index contributed by atoms with van der Waals surface area (Å²) in [6.07, 6.45) is 8.07. The molecule has 2 rings (SSSR count). The number of aliphatic hydroxyl groups is 1. The van der Waals surface area contributed by atoms with Gasteiger partial charge in [0.2, 0.25) is 0 Å². The maximum absolute atomic E-state index is 9.99. The fourth-order valence-electron chi connectivity index (χ4n) is 2.04. The molecule has 2 aromatic heterocycles. The third kappa shape index (κ3) is 3.55. The van der Waals surface area contributed by atoms with Gasteiger partial charge in [-0.2, -0.15) is 0 Å². The average Bonchev–Trinajstić information content (AvgIpc) is 2.96. The van der Waals surface area contributed by atoms with Crippen molar-refractivity contribution in [3.8, 4) is 5.75 Å². The van der Waals surface area contributed by atoms with Gasteiger partial charge in [0, 0.05) is 42.8 Å². The second kappa shape index (κ2) is 7.02. The van der Waals surface area contributed by atoms with Crippen LogP contribution >= 0.6 is 0 Å². The van der Waals surface area contributed by atoms with Crippen molar-refractivity contribution in [3.63, 3.8) is 0 Å². The monoisotopic (exact) mass is 276 g/mol. The number of aromatic nitrogens is 3. The Hall–Kier alpha value is -1.92. The lowest BCUT2D eigenvalue weighted by Crippen LogP contribution is -2.18. The van der Waals surface area contributed by atoms with Gasteiger partial charge in [-0.15, -0.1) is 0 Å². The number of hydrogen-bond donors (Lipinski definition) is 3. The zero-order chi connectivity index (χ0) is 14.4. The Bertz CT molecular complexity index is 540. The Morgan fingerprint density at radius 1 is 1.40 bits per heavy atom. The topological polar surface area (TPSA) is 83.2 Å². The van der Waals surface area contributed by atoms with Crippen LogP contribution in [0.2, 0.25) is 0 Å². The van der Waals surface area contributed by atoms with Crippen molar-refractivity contribution < 1.29 is 10.2 Å². The van der Waals surface area contributed by atoms with Gasteiger partial charge in [-0.05, 0) is 19.9 Å². The summed E-state index contributed by atoms with van der Waals surface area (Å²) in [6.45, 7) is 3.88. The van der Waals surface area contributed by atoms with Crippen LogP contribution in [0.25, 0.3) is 0 Å². The van der Waals surface area contributed by atoms with Crippen molar-refractivity contribution in [3.05, 3.63) is 41.7 Å². The first-order chi connectivity index (χ1) is 9.72. The third-order valence-electron chi connectivity index (χ3n) is 3.23. The lowest BCUT2D eigenvalue weighted by Gasteiger charge is -2.12. The molecule has 2 heterocycles. The molecule has 20 heavy (non-hydrogen) atoms. The molecule has 0 spiro atoms. The molecule has 3 N–H and O–H groups in total. The highest BCUT2D eigenvalue weighted by Gasteiger charge is 2.10. The van der Waals surface area contributed by atoms with Crippen LogP contribution in [-0.2, 0) is 19.7 Å². The van der Waals surface area contributed by atoms with Gasteiger partial charge in [0.15, 0.2) is 0 Å². The standard InChI is InChI=1S/C14H20N4O2/c1-11-14(20)13(12(9-19)7-17-11)8-15-3-2-5-18-6-4-16-10-18/h4,6-7,10,15,19-20H,2-3,5,8-9H2,1H3. The number of rotatable bonds is 7. The molecule has 0 radical (unpaired) electrons. The molecular weight excluding hydrogens is 256 g/mol. The second-order valence-electron chi connectivity index (χ2n) is 4.68. The van der Waals surface area contributed by atoms with Gasteiger partial charge in [0.25, 0.3) is 0 Å². The first kappa shape index (κ1) is 14.5. The molecule has 0 fully saturated rings. The first-order valence-electron chi connectivity index (χ1n) is 6.66. The summed E-state index contributed by atoms with van der Waals surface area (Å²) in [6, 6.07) is 0. The summed E-state index contributed by atoms with van der Waals surface area (Å²) in [7, 11) is 0. The quantitative estimate of drug-likeness (QED) is 0.656. The van der Waals surface area contributed by atoms with Crippen LogP contribution in [0.15, 0.2) is 24.9 Å². The predicted molar refractivity (Wildman–Crippen MR) is 75.1 cm³/mol. The van der Waals surface area contributed by atoms with E-state index in [1.165, 1.54) is 0 Å². The SMILES string of the molecule is Cc1ncc(CO)c(CNCCCn2ccnc2)c1O. The minimum atomic E-state index is -0.118. The predicted octanol–water partition coefficient (Wildman–Crippen LogP) is 0.964. The maximum Gasteiger partial charge on any atom is 0.141 e. The third-order valence-corrected chi connectivity index (χ3v) is 3.23. The molecular formula is C14H20N4O2. The highest BCUT2D eigenvalue weighted by molar-refractivity contribution is 5.40. The van der Waals surface area contributed by atoms with Crippen molar-refractivity contribution in [1.29, 1.82) is 0 Å². The summed E-state index contributed by atoms with van der Waals surface area (Å²) < 4.78 is 2.02. The lowest BCUT2D eigenvalue weighted by molar-refractivity contribution is 0.278.